The largest absolute Gasteiger partial charge is 0.497 e. The first-order valence-corrected chi connectivity index (χ1v) is 12.4. The summed E-state index contributed by atoms with van der Waals surface area (Å²) in [6.07, 6.45) is 4.44. The molecule has 1 amide bonds. The number of unbranched alkanes of at least 4 members (excludes halogenated alkanes) is 3. The van der Waals surface area contributed by atoms with Crippen molar-refractivity contribution >= 4 is 11.6 Å². The molecule has 0 aliphatic rings. The Bertz CT molecular complexity index is 1180. The highest BCUT2D eigenvalue weighted by Crippen LogP contribution is 2.33. The standard InChI is InChI=1S/C28H38N4O4/c1-8-9-10-11-16-36-24-14-12-20(28(3,4)5)17-22(24)29-27(33)26-19(2)32(31-30-26)23-18-21(34-6)13-15-25(23)35-7/h12-15,17-18H,8-11,16H2,1-7H3,(H,29,33). The molecule has 1 aromatic heterocycles. The number of aromatic nitrogens is 3. The fourth-order valence-corrected chi connectivity index (χ4v) is 3.84. The molecule has 0 unspecified atom stereocenters. The van der Waals surface area contributed by atoms with Crippen LogP contribution in [0.3, 0.4) is 0 Å². The monoisotopic (exact) mass is 494 g/mol. The van der Waals surface area contributed by atoms with Gasteiger partial charge in [0.25, 0.3) is 5.91 Å². The number of amides is 1. The number of nitrogens with zero attached hydrogens (tertiary/aromatic N) is 3. The molecule has 2 aromatic carbocycles. The van der Waals surface area contributed by atoms with E-state index < -0.39 is 0 Å². The average Bonchev–Trinajstić information content (AvgIpc) is 3.24. The van der Waals surface area contributed by atoms with Gasteiger partial charge in [0.15, 0.2) is 5.69 Å². The van der Waals surface area contributed by atoms with E-state index >= 15 is 0 Å². The van der Waals surface area contributed by atoms with Crippen LogP contribution in [0.25, 0.3) is 5.69 Å². The lowest BCUT2D eigenvalue weighted by atomic mass is 9.87. The highest BCUT2D eigenvalue weighted by Gasteiger charge is 2.22. The van der Waals surface area contributed by atoms with Crippen molar-refractivity contribution in [2.75, 3.05) is 26.1 Å². The predicted octanol–water partition coefficient (Wildman–Crippen LogP) is 6.10. The molecule has 8 nitrogen and oxygen atoms in total. The summed E-state index contributed by atoms with van der Waals surface area (Å²) in [4.78, 5) is 13.3. The van der Waals surface area contributed by atoms with E-state index in [0.717, 1.165) is 18.4 Å². The zero-order valence-corrected chi connectivity index (χ0v) is 22.5. The fraction of sp³-hybridized carbons (Fsp3) is 0.464. The van der Waals surface area contributed by atoms with Crippen LogP contribution in [-0.2, 0) is 5.41 Å². The van der Waals surface area contributed by atoms with Crippen molar-refractivity contribution in [2.24, 2.45) is 0 Å². The molecular formula is C28H38N4O4. The Labute approximate surface area is 214 Å². The molecule has 0 aliphatic heterocycles. The summed E-state index contributed by atoms with van der Waals surface area (Å²) >= 11 is 0. The summed E-state index contributed by atoms with van der Waals surface area (Å²) in [5, 5.41) is 11.4. The molecule has 0 aliphatic carbocycles. The Morgan fingerprint density at radius 2 is 1.75 bits per heavy atom. The van der Waals surface area contributed by atoms with Crippen molar-refractivity contribution in [1.82, 2.24) is 15.0 Å². The summed E-state index contributed by atoms with van der Waals surface area (Å²) < 4.78 is 18.5. The summed E-state index contributed by atoms with van der Waals surface area (Å²) in [5.74, 6) is 1.52. The number of hydrogen-bond donors (Lipinski definition) is 1. The van der Waals surface area contributed by atoms with Gasteiger partial charge in [-0.3, -0.25) is 4.79 Å². The molecule has 8 heteroatoms. The number of carbonyl (C=O) groups excluding carboxylic acids is 1. The normalized spacial score (nSPS) is 11.3. The van der Waals surface area contributed by atoms with Gasteiger partial charge in [-0.1, -0.05) is 58.2 Å². The van der Waals surface area contributed by atoms with Gasteiger partial charge in [0, 0.05) is 6.07 Å². The van der Waals surface area contributed by atoms with Gasteiger partial charge >= 0.3 is 0 Å². The highest BCUT2D eigenvalue weighted by atomic mass is 16.5. The van der Waals surface area contributed by atoms with Crippen LogP contribution >= 0.6 is 0 Å². The second kappa shape index (κ2) is 11.9. The fourth-order valence-electron chi connectivity index (χ4n) is 3.84. The molecule has 0 saturated carbocycles. The zero-order chi connectivity index (χ0) is 26.3. The number of nitrogens with one attached hydrogen (secondary N) is 1. The van der Waals surface area contributed by atoms with Crippen molar-refractivity contribution in [2.45, 2.75) is 65.7 Å². The Morgan fingerprint density at radius 1 is 1.00 bits per heavy atom. The first-order chi connectivity index (χ1) is 17.2. The lowest BCUT2D eigenvalue weighted by Crippen LogP contribution is -2.17. The summed E-state index contributed by atoms with van der Waals surface area (Å²) in [5.41, 5.74) is 3.06. The third kappa shape index (κ3) is 6.36. The third-order valence-corrected chi connectivity index (χ3v) is 6.07. The molecule has 1 N–H and O–H groups in total. The lowest BCUT2D eigenvalue weighted by Gasteiger charge is -2.21. The van der Waals surface area contributed by atoms with Gasteiger partial charge in [0.1, 0.15) is 22.9 Å². The van der Waals surface area contributed by atoms with Crippen LogP contribution < -0.4 is 19.5 Å². The molecule has 0 atom stereocenters. The van der Waals surface area contributed by atoms with Gasteiger partial charge in [-0.15, -0.1) is 5.10 Å². The van der Waals surface area contributed by atoms with Crippen molar-refractivity contribution in [1.29, 1.82) is 0 Å². The minimum Gasteiger partial charge on any atom is -0.497 e. The molecule has 1 heterocycles. The van der Waals surface area contributed by atoms with Crippen LogP contribution in [0.2, 0.25) is 0 Å². The average molecular weight is 495 g/mol. The smallest absolute Gasteiger partial charge is 0.278 e. The van der Waals surface area contributed by atoms with Gasteiger partial charge < -0.3 is 19.5 Å². The van der Waals surface area contributed by atoms with E-state index in [9.17, 15) is 4.79 Å². The van der Waals surface area contributed by atoms with E-state index in [2.05, 4.69) is 43.3 Å². The van der Waals surface area contributed by atoms with Gasteiger partial charge in [0.2, 0.25) is 0 Å². The topological polar surface area (TPSA) is 87.5 Å². The third-order valence-electron chi connectivity index (χ3n) is 6.07. The SMILES string of the molecule is CCCCCCOc1ccc(C(C)(C)C)cc1NC(=O)c1nnn(-c2cc(OC)ccc2OC)c1C. The number of anilines is 1. The number of benzene rings is 2. The summed E-state index contributed by atoms with van der Waals surface area (Å²) in [6, 6.07) is 11.3. The highest BCUT2D eigenvalue weighted by molar-refractivity contribution is 6.04. The van der Waals surface area contributed by atoms with E-state index in [-0.39, 0.29) is 17.0 Å². The number of carbonyl (C=O) groups is 1. The first kappa shape index (κ1) is 27.0. The molecule has 36 heavy (non-hydrogen) atoms. The Kier molecular flexibility index (Phi) is 8.96. The van der Waals surface area contributed by atoms with Crippen LogP contribution in [0.1, 0.15) is 75.1 Å². The number of ether oxygens (including phenoxy) is 3. The molecular weight excluding hydrogens is 456 g/mol. The number of hydrogen-bond acceptors (Lipinski definition) is 6. The van der Waals surface area contributed by atoms with E-state index in [1.54, 1.807) is 44.0 Å². The minimum absolute atomic E-state index is 0.0822. The van der Waals surface area contributed by atoms with Crippen molar-refractivity contribution in [3.8, 4) is 22.9 Å². The van der Waals surface area contributed by atoms with Gasteiger partial charge in [0.05, 0.1) is 32.2 Å². The van der Waals surface area contributed by atoms with Crippen molar-refractivity contribution < 1.29 is 19.0 Å². The molecule has 3 rings (SSSR count). The minimum atomic E-state index is -0.359. The van der Waals surface area contributed by atoms with E-state index in [1.165, 1.54) is 12.8 Å². The quantitative estimate of drug-likeness (QED) is 0.324. The maximum atomic E-state index is 13.3. The first-order valence-electron chi connectivity index (χ1n) is 12.4. The second-order valence-corrected chi connectivity index (χ2v) is 9.80. The van der Waals surface area contributed by atoms with Crippen molar-refractivity contribution in [3.05, 3.63) is 53.3 Å². The van der Waals surface area contributed by atoms with Crippen LogP contribution in [0.4, 0.5) is 5.69 Å². The second-order valence-electron chi connectivity index (χ2n) is 9.80. The summed E-state index contributed by atoms with van der Waals surface area (Å²) in [6.45, 7) is 11.0. The molecule has 0 fully saturated rings. The van der Waals surface area contributed by atoms with Crippen molar-refractivity contribution in [3.63, 3.8) is 0 Å². The molecule has 0 bridgehead atoms. The predicted molar refractivity (Wildman–Crippen MR) is 142 cm³/mol. The molecule has 0 saturated heterocycles. The van der Waals surface area contributed by atoms with E-state index in [0.29, 0.717) is 40.9 Å². The summed E-state index contributed by atoms with van der Waals surface area (Å²) in [7, 11) is 3.17. The molecule has 194 valence electrons. The molecule has 3 aromatic rings. The number of rotatable bonds is 11. The van der Waals surface area contributed by atoms with Crippen LogP contribution in [0, 0.1) is 6.92 Å². The maximum Gasteiger partial charge on any atom is 0.278 e. The van der Waals surface area contributed by atoms with Crippen LogP contribution in [-0.4, -0.2) is 41.7 Å². The van der Waals surface area contributed by atoms with Crippen LogP contribution in [0.5, 0.6) is 17.2 Å². The Balaban J connectivity index is 1.89. The van der Waals surface area contributed by atoms with Gasteiger partial charge in [-0.25, -0.2) is 4.68 Å². The van der Waals surface area contributed by atoms with Gasteiger partial charge in [-0.05, 0) is 48.6 Å². The van der Waals surface area contributed by atoms with E-state index in [1.807, 2.05) is 18.2 Å². The zero-order valence-electron chi connectivity index (χ0n) is 22.5. The lowest BCUT2D eigenvalue weighted by molar-refractivity contribution is 0.102. The molecule has 0 spiro atoms. The van der Waals surface area contributed by atoms with Crippen LogP contribution in [0.15, 0.2) is 36.4 Å². The Hall–Kier alpha value is -3.55. The van der Waals surface area contributed by atoms with E-state index in [4.69, 9.17) is 14.2 Å². The molecule has 0 radical (unpaired) electrons. The number of methoxy groups -OCH3 is 2. The Morgan fingerprint density at radius 3 is 2.42 bits per heavy atom. The maximum absolute atomic E-state index is 13.3. The van der Waals surface area contributed by atoms with Gasteiger partial charge in [-0.2, -0.15) is 0 Å².